The summed E-state index contributed by atoms with van der Waals surface area (Å²) in [6.07, 6.45) is 0.956. The number of sulfonamides is 1. The smallest absolute Gasteiger partial charge is 0.250 e. The van der Waals surface area contributed by atoms with Gasteiger partial charge in [0.1, 0.15) is 21.7 Å². The fraction of sp³-hybridized carbons (Fsp3) is 0.211. The largest absolute Gasteiger partial charge is 0.382 e. The average Bonchev–Trinajstić information content (AvgIpc) is 3.39. The van der Waals surface area contributed by atoms with Crippen LogP contribution < -0.4 is 15.8 Å². The third kappa shape index (κ3) is 5.04. The van der Waals surface area contributed by atoms with E-state index in [1.54, 1.807) is 11.4 Å². The van der Waals surface area contributed by atoms with E-state index in [2.05, 4.69) is 21.2 Å². The van der Waals surface area contributed by atoms with E-state index in [1.165, 1.54) is 10.7 Å². The van der Waals surface area contributed by atoms with Gasteiger partial charge in [0.2, 0.25) is 5.91 Å². The van der Waals surface area contributed by atoms with Crippen molar-refractivity contribution in [2.75, 3.05) is 18.8 Å². The summed E-state index contributed by atoms with van der Waals surface area (Å²) in [4.78, 5) is 11.9. The quantitative estimate of drug-likeness (QED) is 0.426. The van der Waals surface area contributed by atoms with Crippen LogP contribution in [0.4, 0.5) is 5.82 Å². The second-order valence-corrected chi connectivity index (χ2v) is 9.22. The van der Waals surface area contributed by atoms with Crippen molar-refractivity contribution in [2.24, 2.45) is 0 Å². The minimum absolute atomic E-state index is 0.158. The number of aryl methyl sites for hydroxylation is 1. The van der Waals surface area contributed by atoms with Crippen molar-refractivity contribution < 1.29 is 13.2 Å². The number of nitrogens with two attached hydrogens (primary N) is 1. The van der Waals surface area contributed by atoms with E-state index in [-0.39, 0.29) is 16.6 Å². The van der Waals surface area contributed by atoms with Crippen molar-refractivity contribution >= 4 is 33.1 Å². The Hall–Kier alpha value is -3.20. The molecule has 0 unspecified atom stereocenters. The highest BCUT2D eigenvalue weighted by atomic mass is 32.2. The number of thiophene rings is 1. The minimum atomic E-state index is -3.68. The predicted octanol–water partition coefficient (Wildman–Crippen LogP) is 1.41. The number of para-hydroxylation sites is 1. The maximum absolute atomic E-state index is 12.0. The number of nitrogens with one attached hydrogen (secondary N) is 2. The zero-order chi connectivity index (χ0) is 21.6. The number of hydrogen-bond acceptors (Lipinski definition) is 7. The number of nitrogens with zero attached hydrogens (tertiary/aromatic N) is 3. The molecule has 1 amide bonds. The first-order chi connectivity index (χ1) is 14.4. The normalized spacial score (nSPS) is 11.2. The molecule has 30 heavy (non-hydrogen) atoms. The molecule has 1 aromatic carbocycles. The molecule has 0 aliphatic heterocycles. The molecule has 156 valence electrons. The van der Waals surface area contributed by atoms with Crippen molar-refractivity contribution in [3.63, 3.8) is 0 Å². The van der Waals surface area contributed by atoms with Gasteiger partial charge < -0.3 is 11.1 Å². The summed E-state index contributed by atoms with van der Waals surface area (Å²) >= 11 is 1.08. The highest BCUT2D eigenvalue weighted by molar-refractivity contribution is 7.91. The first kappa shape index (κ1) is 21.5. The SMILES string of the molecule is N#Cc1c(CCCNC(=O)CNS(=O)(=O)c2cccs2)nn(-c2ccccc2)c1N. The Morgan fingerprint density at radius 1 is 1.23 bits per heavy atom. The Bertz CT molecular complexity index is 1150. The molecule has 0 aliphatic carbocycles. The molecular formula is C19H20N6O3S2. The lowest BCUT2D eigenvalue weighted by Crippen LogP contribution is -2.37. The first-order valence-corrected chi connectivity index (χ1v) is 11.4. The van der Waals surface area contributed by atoms with Gasteiger partial charge >= 0.3 is 0 Å². The molecule has 11 heteroatoms. The fourth-order valence-electron chi connectivity index (χ4n) is 2.74. The molecule has 0 radical (unpaired) electrons. The van der Waals surface area contributed by atoms with Crippen molar-refractivity contribution in [1.82, 2.24) is 19.8 Å². The number of benzene rings is 1. The third-order valence-electron chi connectivity index (χ3n) is 4.20. The second kappa shape index (κ2) is 9.53. The lowest BCUT2D eigenvalue weighted by atomic mass is 10.1. The zero-order valence-electron chi connectivity index (χ0n) is 15.9. The number of carbonyl (C=O) groups excluding carboxylic acids is 1. The van der Waals surface area contributed by atoms with Crippen LogP contribution in [0.15, 0.2) is 52.1 Å². The van der Waals surface area contributed by atoms with Crippen LogP contribution in [0.2, 0.25) is 0 Å². The number of rotatable bonds is 9. The average molecular weight is 445 g/mol. The molecule has 0 bridgehead atoms. The van der Waals surface area contributed by atoms with Gasteiger partial charge in [0.25, 0.3) is 10.0 Å². The van der Waals surface area contributed by atoms with Crippen LogP contribution in [-0.4, -0.2) is 37.2 Å². The highest BCUT2D eigenvalue weighted by Gasteiger charge is 2.17. The molecule has 0 aliphatic rings. The molecule has 0 fully saturated rings. The van der Waals surface area contributed by atoms with E-state index in [4.69, 9.17) is 5.73 Å². The molecular weight excluding hydrogens is 424 g/mol. The van der Waals surface area contributed by atoms with Gasteiger partial charge in [-0.2, -0.15) is 10.4 Å². The Labute approximate surface area is 178 Å². The third-order valence-corrected chi connectivity index (χ3v) is 7.00. The number of nitrogen functional groups attached to an aromatic ring is 1. The first-order valence-electron chi connectivity index (χ1n) is 9.05. The van der Waals surface area contributed by atoms with Crippen LogP contribution in [0.5, 0.6) is 0 Å². The molecule has 0 spiro atoms. The summed E-state index contributed by atoms with van der Waals surface area (Å²) in [6.45, 7) is -0.0399. The van der Waals surface area contributed by atoms with Crippen LogP contribution in [0.3, 0.4) is 0 Å². The van der Waals surface area contributed by atoms with Gasteiger partial charge in [-0.1, -0.05) is 24.3 Å². The Balaban J connectivity index is 1.51. The maximum Gasteiger partial charge on any atom is 0.250 e. The van der Waals surface area contributed by atoms with Gasteiger partial charge in [-0.3, -0.25) is 4.79 Å². The number of carbonyl (C=O) groups is 1. The molecule has 2 aromatic heterocycles. The molecule has 4 N–H and O–H groups in total. The number of aromatic nitrogens is 2. The molecule has 0 saturated carbocycles. The van der Waals surface area contributed by atoms with Gasteiger partial charge in [-0.05, 0) is 36.4 Å². The van der Waals surface area contributed by atoms with E-state index in [1.807, 2.05) is 30.3 Å². The van der Waals surface area contributed by atoms with Gasteiger partial charge in [0, 0.05) is 6.54 Å². The standard InChI is InChI=1S/C19H20N6O3S2/c20-12-15-16(24-25(19(15)21)14-6-2-1-3-7-14)8-4-10-22-17(26)13-23-30(27,28)18-9-5-11-29-18/h1-3,5-7,9,11,23H,4,8,10,13,21H2,(H,22,26). The lowest BCUT2D eigenvalue weighted by molar-refractivity contribution is -0.119. The number of anilines is 1. The maximum atomic E-state index is 12.0. The molecule has 0 atom stereocenters. The summed E-state index contributed by atoms with van der Waals surface area (Å²) in [5, 5.41) is 18.1. The molecule has 9 nitrogen and oxygen atoms in total. The summed E-state index contributed by atoms with van der Waals surface area (Å²) in [7, 11) is -3.68. The highest BCUT2D eigenvalue weighted by Crippen LogP contribution is 2.21. The van der Waals surface area contributed by atoms with E-state index < -0.39 is 15.9 Å². The van der Waals surface area contributed by atoms with Crippen LogP contribution in [-0.2, 0) is 21.2 Å². The van der Waals surface area contributed by atoms with Crippen LogP contribution in [0, 0.1) is 11.3 Å². The van der Waals surface area contributed by atoms with Gasteiger partial charge in [-0.25, -0.2) is 17.8 Å². The van der Waals surface area contributed by atoms with E-state index in [0.717, 1.165) is 17.0 Å². The second-order valence-electron chi connectivity index (χ2n) is 6.28. The Morgan fingerprint density at radius 2 is 2.00 bits per heavy atom. The number of hydrogen-bond donors (Lipinski definition) is 3. The zero-order valence-corrected chi connectivity index (χ0v) is 17.5. The summed E-state index contributed by atoms with van der Waals surface area (Å²) in [5.41, 5.74) is 7.68. The van der Waals surface area contributed by atoms with E-state index in [0.29, 0.717) is 30.6 Å². The molecule has 2 heterocycles. The summed E-state index contributed by atoms with van der Waals surface area (Å²) in [6, 6.07) is 14.4. The van der Waals surface area contributed by atoms with Crippen LogP contribution in [0.1, 0.15) is 17.7 Å². The van der Waals surface area contributed by atoms with Gasteiger partial charge in [0.05, 0.1) is 17.9 Å². The van der Waals surface area contributed by atoms with Crippen molar-refractivity contribution in [3.05, 3.63) is 59.1 Å². The number of amides is 1. The van der Waals surface area contributed by atoms with E-state index >= 15 is 0 Å². The van der Waals surface area contributed by atoms with E-state index in [9.17, 15) is 18.5 Å². The fourth-order valence-corrected chi connectivity index (χ4v) is 4.76. The van der Waals surface area contributed by atoms with Gasteiger partial charge in [0.15, 0.2) is 0 Å². The summed E-state index contributed by atoms with van der Waals surface area (Å²) < 4.78 is 27.9. The monoisotopic (exact) mass is 444 g/mol. The predicted molar refractivity (Wildman–Crippen MR) is 114 cm³/mol. The van der Waals surface area contributed by atoms with Crippen molar-refractivity contribution in [2.45, 2.75) is 17.1 Å². The van der Waals surface area contributed by atoms with Gasteiger partial charge in [-0.15, -0.1) is 11.3 Å². The molecule has 3 rings (SSSR count). The summed E-state index contributed by atoms with van der Waals surface area (Å²) in [5.74, 6) is -0.171. The molecule has 0 saturated heterocycles. The topological polar surface area (TPSA) is 143 Å². The minimum Gasteiger partial charge on any atom is -0.382 e. The van der Waals surface area contributed by atoms with Crippen molar-refractivity contribution in [1.29, 1.82) is 5.26 Å². The van der Waals surface area contributed by atoms with Crippen LogP contribution in [0.25, 0.3) is 5.69 Å². The lowest BCUT2D eigenvalue weighted by Gasteiger charge is -2.06. The Morgan fingerprint density at radius 3 is 2.67 bits per heavy atom. The van der Waals surface area contributed by atoms with Crippen molar-refractivity contribution in [3.8, 4) is 11.8 Å². The number of nitriles is 1. The molecule has 3 aromatic rings. The Kier molecular flexibility index (Phi) is 6.83. The van der Waals surface area contributed by atoms with Crippen LogP contribution >= 0.6 is 11.3 Å².